The number of rotatable bonds is 1. The second-order valence-corrected chi connectivity index (χ2v) is 3.82. The summed E-state index contributed by atoms with van der Waals surface area (Å²) in [4.78, 5) is 0. The molecule has 14 heavy (non-hydrogen) atoms. The molecule has 0 saturated heterocycles. The Morgan fingerprint density at radius 1 is 1.50 bits per heavy atom. The predicted octanol–water partition coefficient (Wildman–Crippen LogP) is 3.15. The monoisotopic (exact) mass is 186 g/mol. The molecule has 0 radical (unpaired) electrons. The van der Waals surface area contributed by atoms with Gasteiger partial charge < -0.3 is 5.11 Å². The predicted molar refractivity (Wildman–Crippen MR) is 59.1 cm³/mol. The molecule has 1 nitrogen and oxygen atoms in total. The van der Waals surface area contributed by atoms with E-state index < -0.39 is 0 Å². The minimum Gasteiger partial charge on any atom is -0.507 e. The lowest BCUT2D eigenvalue weighted by molar-refractivity contribution is 0.471. The summed E-state index contributed by atoms with van der Waals surface area (Å²) in [6.07, 6.45) is 4.98. The van der Waals surface area contributed by atoms with Gasteiger partial charge in [-0.2, -0.15) is 0 Å². The van der Waals surface area contributed by atoms with Crippen LogP contribution < -0.4 is 0 Å². The Morgan fingerprint density at radius 2 is 2.29 bits per heavy atom. The van der Waals surface area contributed by atoms with Crippen LogP contribution in [0.1, 0.15) is 18.1 Å². The molecule has 0 fully saturated rings. The van der Waals surface area contributed by atoms with Crippen LogP contribution in [0.2, 0.25) is 0 Å². The van der Waals surface area contributed by atoms with Gasteiger partial charge in [-0.25, -0.2) is 0 Å². The van der Waals surface area contributed by atoms with E-state index in [0.29, 0.717) is 11.7 Å². The topological polar surface area (TPSA) is 20.2 Å². The smallest absolute Gasteiger partial charge is 0.123 e. The number of phenols is 1. The molecule has 0 saturated carbocycles. The Hall–Kier alpha value is -1.50. The van der Waals surface area contributed by atoms with Gasteiger partial charge in [0, 0.05) is 5.56 Å². The maximum absolute atomic E-state index is 9.76. The van der Waals surface area contributed by atoms with Crippen molar-refractivity contribution in [2.75, 3.05) is 0 Å². The number of aromatic hydroxyl groups is 1. The Kier molecular flexibility index (Phi) is 2.16. The second kappa shape index (κ2) is 3.33. The van der Waals surface area contributed by atoms with Gasteiger partial charge in [0.1, 0.15) is 5.75 Å². The van der Waals surface area contributed by atoms with Gasteiger partial charge in [0.25, 0.3) is 0 Å². The number of phenolic OH excluding ortho intramolecular Hbond substituents is 1. The summed E-state index contributed by atoms with van der Waals surface area (Å²) in [5.74, 6) is 0.887. The summed E-state index contributed by atoms with van der Waals surface area (Å²) in [5.41, 5.74) is 3.23. The van der Waals surface area contributed by atoms with E-state index in [1.807, 2.05) is 12.1 Å². The Bertz CT molecular complexity index is 402. The molecule has 0 aliphatic heterocycles. The fourth-order valence-electron chi connectivity index (χ4n) is 2.06. The third-order valence-electron chi connectivity index (χ3n) is 2.64. The lowest BCUT2D eigenvalue weighted by Gasteiger charge is -2.20. The molecule has 0 bridgehead atoms. The van der Waals surface area contributed by atoms with Crippen molar-refractivity contribution in [3.8, 4) is 5.75 Å². The van der Waals surface area contributed by atoms with Crippen LogP contribution >= 0.6 is 0 Å². The van der Waals surface area contributed by atoms with Crippen LogP contribution in [-0.4, -0.2) is 5.11 Å². The Labute approximate surface area is 84.4 Å². The molecule has 72 valence electrons. The molecule has 1 aromatic carbocycles. The van der Waals surface area contributed by atoms with Crippen molar-refractivity contribution in [2.24, 2.45) is 5.92 Å². The summed E-state index contributed by atoms with van der Waals surface area (Å²) in [6.45, 7) is 5.96. The maximum Gasteiger partial charge on any atom is 0.123 e. The van der Waals surface area contributed by atoms with E-state index in [4.69, 9.17) is 0 Å². The summed E-state index contributed by atoms with van der Waals surface area (Å²) in [5, 5.41) is 9.76. The lowest BCUT2D eigenvalue weighted by atomic mass is 9.85. The fourth-order valence-corrected chi connectivity index (χ4v) is 2.06. The highest BCUT2D eigenvalue weighted by molar-refractivity contribution is 5.80. The molecule has 0 amide bonds. The van der Waals surface area contributed by atoms with E-state index in [2.05, 4.69) is 25.6 Å². The summed E-state index contributed by atoms with van der Waals surface area (Å²) >= 11 is 0. The minimum atomic E-state index is 0.362. The lowest BCUT2D eigenvalue weighted by Crippen LogP contribution is -2.06. The molecule has 1 heteroatoms. The molecule has 1 aromatic rings. The third kappa shape index (κ3) is 1.35. The number of allylic oxidation sites excluding steroid dienone is 3. The van der Waals surface area contributed by atoms with Gasteiger partial charge in [-0.15, -0.1) is 0 Å². The Morgan fingerprint density at radius 3 is 3.00 bits per heavy atom. The standard InChI is InChI=1S/C13H14O/c1-3-10-7-9(2)8-11-5-4-6-12(14)13(10)11/h3-7,9,14H,1,8H2,2H3. The highest BCUT2D eigenvalue weighted by Gasteiger charge is 2.17. The first-order valence-corrected chi connectivity index (χ1v) is 4.88. The fraction of sp³-hybridized carbons (Fsp3) is 0.231. The molecule has 0 aromatic heterocycles. The molecular weight excluding hydrogens is 172 g/mol. The van der Waals surface area contributed by atoms with E-state index in [-0.39, 0.29) is 0 Å². The quantitative estimate of drug-likeness (QED) is 0.714. The van der Waals surface area contributed by atoms with Crippen LogP contribution in [0.25, 0.3) is 5.57 Å². The van der Waals surface area contributed by atoms with Crippen LogP contribution in [0.15, 0.2) is 36.9 Å². The number of fused-ring (bicyclic) bond motifs is 1. The average Bonchev–Trinajstić information content (AvgIpc) is 2.16. The molecule has 1 atom stereocenters. The van der Waals surface area contributed by atoms with E-state index in [9.17, 15) is 5.11 Å². The van der Waals surface area contributed by atoms with E-state index >= 15 is 0 Å². The summed E-state index contributed by atoms with van der Waals surface area (Å²) in [6, 6.07) is 5.70. The maximum atomic E-state index is 9.76. The van der Waals surface area contributed by atoms with Crippen LogP contribution in [-0.2, 0) is 6.42 Å². The van der Waals surface area contributed by atoms with Crippen molar-refractivity contribution in [3.63, 3.8) is 0 Å². The average molecular weight is 186 g/mol. The number of benzene rings is 1. The molecule has 0 spiro atoms. The van der Waals surface area contributed by atoms with Crippen molar-refractivity contribution in [3.05, 3.63) is 48.1 Å². The second-order valence-electron chi connectivity index (χ2n) is 3.82. The van der Waals surface area contributed by atoms with Crippen molar-refractivity contribution in [1.29, 1.82) is 0 Å². The molecule has 1 N–H and O–H groups in total. The first-order chi connectivity index (χ1) is 6.72. The molecule has 0 heterocycles. The first-order valence-electron chi connectivity index (χ1n) is 4.88. The largest absolute Gasteiger partial charge is 0.507 e. The summed E-state index contributed by atoms with van der Waals surface area (Å²) in [7, 11) is 0. The third-order valence-corrected chi connectivity index (χ3v) is 2.64. The molecule has 2 rings (SSSR count). The molecule has 1 unspecified atom stereocenters. The zero-order chi connectivity index (χ0) is 10.1. The van der Waals surface area contributed by atoms with Crippen molar-refractivity contribution in [2.45, 2.75) is 13.3 Å². The van der Waals surface area contributed by atoms with E-state index in [0.717, 1.165) is 17.6 Å². The van der Waals surface area contributed by atoms with Gasteiger partial charge in [-0.05, 0) is 29.5 Å². The van der Waals surface area contributed by atoms with Crippen LogP contribution in [0, 0.1) is 5.92 Å². The zero-order valence-electron chi connectivity index (χ0n) is 8.33. The van der Waals surface area contributed by atoms with Gasteiger partial charge in [-0.3, -0.25) is 0 Å². The van der Waals surface area contributed by atoms with E-state index in [1.165, 1.54) is 5.56 Å². The van der Waals surface area contributed by atoms with Gasteiger partial charge in [-0.1, -0.05) is 37.8 Å². The van der Waals surface area contributed by atoms with Gasteiger partial charge >= 0.3 is 0 Å². The van der Waals surface area contributed by atoms with Crippen LogP contribution in [0.5, 0.6) is 5.75 Å². The van der Waals surface area contributed by atoms with Gasteiger partial charge in [0.05, 0.1) is 0 Å². The highest BCUT2D eigenvalue weighted by Crippen LogP contribution is 2.35. The molecule has 1 aliphatic carbocycles. The van der Waals surface area contributed by atoms with Crippen LogP contribution in [0.3, 0.4) is 0 Å². The van der Waals surface area contributed by atoms with Crippen molar-refractivity contribution < 1.29 is 5.11 Å². The minimum absolute atomic E-state index is 0.362. The number of hydrogen-bond acceptors (Lipinski definition) is 1. The van der Waals surface area contributed by atoms with Gasteiger partial charge in [0.2, 0.25) is 0 Å². The van der Waals surface area contributed by atoms with Crippen molar-refractivity contribution >= 4 is 5.57 Å². The van der Waals surface area contributed by atoms with Gasteiger partial charge in [0.15, 0.2) is 0 Å². The summed E-state index contributed by atoms with van der Waals surface area (Å²) < 4.78 is 0. The van der Waals surface area contributed by atoms with Crippen molar-refractivity contribution in [1.82, 2.24) is 0 Å². The molecular formula is C13H14O. The normalized spacial score (nSPS) is 19.8. The first kappa shape index (κ1) is 9.07. The highest BCUT2D eigenvalue weighted by atomic mass is 16.3. The SMILES string of the molecule is C=CC1=CC(C)Cc2cccc(O)c21. The van der Waals surface area contributed by atoms with Crippen LogP contribution in [0.4, 0.5) is 0 Å². The zero-order valence-corrected chi connectivity index (χ0v) is 8.33. The Balaban J connectivity index is 2.63. The van der Waals surface area contributed by atoms with E-state index in [1.54, 1.807) is 6.07 Å². The number of hydrogen-bond donors (Lipinski definition) is 1. The molecule has 1 aliphatic rings.